The van der Waals surface area contributed by atoms with Gasteiger partial charge in [-0.1, -0.05) is 5.21 Å². The molecule has 4 nitrogen and oxygen atoms in total. The molecule has 1 rings (SSSR count). The maximum atomic E-state index is 4.15. The first-order valence-electron chi connectivity index (χ1n) is 5.65. The van der Waals surface area contributed by atoms with Gasteiger partial charge in [0, 0.05) is 6.54 Å². The maximum Gasteiger partial charge on any atom is 0.0965 e. The molecular formula is C11H22N4S. The minimum atomic E-state index is 0.0180. The fraction of sp³-hybridized carbons (Fsp3) is 0.818. The molecule has 0 bridgehead atoms. The summed E-state index contributed by atoms with van der Waals surface area (Å²) in [5, 5.41) is 11.6. The van der Waals surface area contributed by atoms with Crippen molar-refractivity contribution in [3.63, 3.8) is 0 Å². The first kappa shape index (κ1) is 13.5. The van der Waals surface area contributed by atoms with E-state index in [0.717, 1.165) is 18.8 Å². The standard InChI is InChI=1S/C11H22N4S/c1-11(2,3)15-9-10(13-14-15)8-12-6-5-7-16-4/h9,12H,5-8H2,1-4H3. The predicted octanol–water partition coefficient (Wildman–Crippen LogP) is 1.88. The van der Waals surface area contributed by atoms with Crippen LogP contribution in [0.3, 0.4) is 0 Å². The Morgan fingerprint density at radius 2 is 2.19 bits per heavy atom. The summed E-state index contributed by atoms with van der Waals surface area (Å²) in [5.41, 5.74) is 1.03. The van der Waals surface area contributed by atoms with Crippen LogP contribution < -0.4 is 5.32 Å². The minimum Gasteiger partial charge on any atom is -0.311 e. The Kier molecular flexibility index (Phi) is 5.28. The molecule has 0 aliphatic carbocycles. The van der Waals surface area contributed by atoms with Crippen molar-refractivity contribution >= 4 is 11.8 Å². The number of aromatic nitrogens is 3. The van der Waals surface area contributed by atoms with E-state index in [9.17, 15) is 0 Å². The number of nitrogens with zero attached hydrogens (tertiary/aromatic N) is 3. The predicted molar refractivity (Wildman–Crippen MR) is 69.7 cm³/mol. The van der Waals surface area contributed by atoms with Gasteiger partial charge in [0.05, 0.1) is 17.4 Å². The van der Waals surface area contributed by atoms with Crippen molar-refractivity contribution in [3.8, 4) is 0 Å². The molecule has 1 aromatic rings. The molecule has 1 heterocycles. The van der Waals surface area contributed by atoms with Crippen LogP contribution in [0.5, 0.6) is 0 Å². The van der Waals surface area contributed by atoms with Crippen LogP contribution in [0.25, 0.3) is 0 Å². The highest BCUT2D eigenvalue weighted by Crippen LogP contribution is 2.11. The quantitative estimate of drug-likeness (QED) is 0.773. The van der Waals surface area contributed by atoms with E-state index in [1.807, 2.05) is 22.6 Å². The van der Waals surface area contributed by atoms with Gasteiger partial charge >= 0.3 is 0 Å². The van der Waals surface area contributed by atoms with Gasteiger partial charge in [0.15, 0.2) is 0 Å². The number of nitrogens with one attached hydrogen (secondary N) is 1. The molecule has 1 N–H and O–H groups in total. The van der Waals surface area contributed by atoms with E-state index in [0.29, 0.717) is 0 Å². The first-order chi connectivity index (χ1) is 7.54. The molecule has 16 heavy (non-hydrogen) atoms. The molecular weight excluding hydrogens is 220 g/mol. The molecule has 92 valence electrons. The van der Waals surface area contributed by atoms with Crippen LogP contribution in [0, 0.1) is 0 Å². The van der Waals surface area contributed by atoms with Gasteiger partial charge < -0.3 is 5.32 Å². The highest BCUT2D eigenvalue weighted by Gasteiger charge is 2.14. The van der Waals surface area contributed by atoms with Crippen molar-refractivity contribution in [2.24, 2.45) is 0 Å². The van der Waals surface area contributed by atoms with Crippen LogP contribution in [-0.2, 0) is 12.1 Å². The zero-order chi connectivity index (χ0) is 12.0. The second-order valence-electron chi connectivity index (χ2n) is 4.85. The molecule has 0 atom stereocenters. The Hall–Kier alpha value is -0.550. The van der Waals surface area contributed by atoms with Crippen LogP contribution in [-0.4, -0.2) is 33.5 Å². The Balaban J connectivity index is 2.30. The average Bonchev–Trinajstić information content (AvgIpc) is 2.65. The van der Waals surface area contributed by atoms with E-state index in [4.69, 9.17) is 0 Å². The van der Waals surface area contributed by atoms with Crippen molar-refractivity contribution in [1.82, 2.24) is 20.3 Å². The van der Waals surface area contributed by atoms with E-state index in [1.165, 1.54) is 12.2 Å². The Morgan fingerprint density at radius 1 is 1.44 bits per heavy atom. The fourth-order valence-corrected chi connectivity index (χ4v) is 1.70. The number of hydrogen-bond donors (Lipinski definition) is 1. The van der Waals surface area contributed by atoms with E-state index < -0.39 is 0 Å². The van der Waals surface area contributed by atoms with Gasteiger partial charge in [-0.2, -0.15) is 11.8 Å². The molecule has 5 heteroatoms. The van der Waals surface area contributed by atoms with E-state index in [2.05, 4.69) is 42.7 Å². The fourth-order valence-electron chi connectivity index (χ4n) is 1.27. The number of hydrogen-bond acceptors (Lipinski definition) is 4. The average molecular weight is 242 g/mol. The molecule has 0 spiro atoms. The van der Waals surface area contributed by atoms with Crippen LogP contribution in [0.2, 0.25) is 0 Å². The van der Waals surface area contributed by atoms with Gasteiger partial charge in [-0.25, -0.2) is 4.68 Å². The Morgan fingerprint density at radius 3 is 2.75 bits per heavy atom. The third-order valence-corrected chi connectivity index (χ3v) is 2.93. The van der Waals surface area contributed by atoms with Gasteiger partial charge in [-0.15, -0.1) is 5.10 Å². The van der Waals surface area contributed by atoms with Crippen molar-refractivity contribution in [3.05, 3.63) is 11.9 Å². The summed E-state index contributed by atoms with van der Waals surface area (Å²) >= 11 is 1.88. The third kappa shape index (κ3) is 4.53. The summed E-state index contributed by atoms with van der Waals surface area (Å²) in [5.74, 6) is 1.21. The lowest BCUT2D eigenvalue weighted by Crippen LogP contribution is -2.22. The van der Waals surface area contributed by atoms with Gasteiger partial charge in [0.2, 0.25) is 0 Å². The van der Waals surface area contributed by atoms with Gasteiger partial charge in [-0.05, 0) is 45.7 Å². The summed E-state index contributed by atoms with van der Waals surface area (Å²) < 4.78 is 1.91. The molecule has 0 aliphatic heterocycles. The van der Waals surface area contributed by atoms with E-state index >= 15 is 0 Å². The van der Waals surface area contributed by atoms with E-state index in [1.54, 1.807) is 0 Å². The normalized spacial score (nSPS) is 12.0. The maximum absolute atomic E-state index is 4.15. The van der Waals surface area contributed by atoms with Gasteiger partial charge in [0.1, 0.15) is 0 Å². The molecule has 0 aliphatic rings. The zero-order valence-electron chi connectivity index (χ0n) is 10.7. The lowest BCUT2D eigenvalue weighted by molar-refractivity contribution is 0.347. The van der Waals surface area contributed by atoms with Crippen LogP contribution in [0.1, 0.15) is 32.9 Å². The Labute approximate surface area is 102 Å². The summed E-state index contributed by atoms with van der Waals surface area (Å²) in [6.45, 7) is 8.22. The zero-order valence-corrected chi connectivity index (χ0v) is 11.5. The summed E-state index contributed by atoms with van der Waals surface area (Å²) in [6.07, 6.45) is 5.35. The van der Waals surface area contributed by atoms with Crippen molar-refractivity contribution in [1.29, 1.82) is 0 Å². The van der Waals surface area contributed by atoms with Crippen LogP contribution >= 0.6 is 11.8 Å². The highest BCUT2D eigenvalue weighted by molar-refractivity contribution is 7.98. The molecule has 0 unspecified atom stereocenters. The summed E-state index contributed by atoms with van der Waals surface area (Å²) in [6, 6.07) is 0. The Bertz CT molecular complexity index is 303. The summed E-state index contributed by atoms with van der Waals surface area (Å²) in [4.78, 5) is 0. The third-order valence-electron chi connectivity index (χ3n) is 2.24. The molecule has 0 saturated carbocycles. The van der Waals surface area contributed by atoms with Crippen molar-refractivity contribution < 1.29 is 0 Å². The second-order valence-corrected chi connectivity index (χ2v) is 5.83. The first-order valence-corrected chi connectivity index (χ1v) is 7.05. The topological polar surface area (TPSA) is 42.7 Å². The molecule has 0 radical (unpaired) electrons. The lowest BCUT2D eigenvalue weighted by Gasteiger charge is -2.17. The highest BCUT2D eigenvalue weighted by atomic mass is 32.2. The smallest absolute Gasteiger partial charge is 0.0965 e. The molecule has 0 saturated heterocycles. The van der Waals surface area contributed by atoms with Crippen LogP contribution in [0.4, 0.5) is 0 Å². The van der Waals surface area contributed by atoms with Crippen molar-refractivity contribution in [2.45, 2.75) is 39.3 Å². The van der Waals surface area contributed by atoms with E-state index in [-0.39, 0.29) is 5.54 Å². The van der Waals surface area contributed by atoms with Crippen LogP contribution in [0.15, 0.2) is 6.20 Å². The SMILES string of the molecule is CSCCCNCc1cn(C(C)(C)C)nn1. The molecule has 0 amide bonds. The lowest BCUT2D eigenvalue weighted by atomic mass is 10.1. The monoisotopic (exact) mass is 242 g/mol. The number of rotatable bonds is 6. The van der Waals surface area contributed by atoms with Gasteiger partial charge in [0.25, 0.3) is 0 Å². The second kappa shape index (κ2) is 6.25. The largest absolute Gasteiger partial charge is 0.311 e. The number of thioether (sulfide) groups is 1. The summed E-state index contributed by atoms with van der Waals surface area (Å²) in [7, 11) is 0. The molecule has 1 aromatic heterocycles. The van der Waals surface area contributed by atoms with Crippen molar-refractivity contribution in [2.75, 3.05) is 18.6 Å². The molecule has 0 aromatic carbocycles. The molecule has 0 fully saturated rings. The minimum absolute atomic E-state index is 0.0180. The van der Waals surface area contributed by atoms with Gasteiger partial charge in [-0.3, -0.25) is 0 Å².